The van der Waals surface area contributed by atoms with Gasteiger partial charge in [-0.3, -0.25) is 4.79 Å². The fourth-order valence-electron chi connectivity index (χ4n) is 3.70. The molecule has 6 atom stereocenters. The third-order valence-corrected chi connectivity index (χ3v) is 5.43. The Morgan fingerprint density at radius 1 is 1.00 bits per heavy atom. The third-order valence-electron chi connectivity index (χ3n) is 5.43. The van der Waals surface area contributed by atoms with Crippen LogP contribution in [0.2, 0.25) is 0 Å². The summed E-state index contributed by atoms with van der Waals surface area (Å²) in [5.74, 6) is -4.64. The van der Waals surface area contributed by atoms with Crippen molar-refractivity contribution in [3.63, 3.8) is 0 Å². The number of hydrogen-bond donors (Lipinski definition) is 7. The van der Waals surface area contributed by atoms with E-state index >= 15 is 0 Å². The Labute approximate surface area is 185 Å². The number of rotatable bonds is 4. The average Bonchev–Trinajstić information content (AvgIpc) is 2.76. The smallest absolute Gasteiger partial charge is 0.335 e. The zero-order chi connectivity index (χ0) is 24.0. The highest BCUT2D eigenvalue weighted by molar-refractivity contribution is 6.03. The highest BCUT2D eigenvalue weighted by Gasteiger charge is 2.48. The molecular weight excluding hydrogens is 444 g/mol. The lowest BCUT2D eigenvalue weighted by molar-refractivity contribution is -0.271. The van der Waals surface area contributed by atoms with Crippen LogP contribution >= 0.6 is 0 Å². The first-order valence-corrected chi connectivity index (χ1v) is 9.75. The topological polar surface area (TPSA) is 203 Å². The number of aliphatic hydroxyl groups is 3. The number of phenolic OH excluding ortho intramolecular Hbond substituents is 3. The van der Waals surface area contributed by atoms with Crippen LogP contribution in [0.4, 0.5) is 0 Å². The summed E-state index contributed by atoms with van der Waals surface area (Å²) in [6.07, 6.45) is -10.7. The summed E-state index contributed by atoms with van der Waals surface area (Å²) in [7, 11) is 0. The molecular formula is C21H20O12. The molecule has 0 bridgehead atoms. The van der Waals surface area contributed by atoms with Gasteiger partial charge in [-0.2, -0.15) is 0 Å². The second-order valence-corrected chi connectivity index (χ2v) is 7.62. The molecule has 0 spiro atoms. The molecule has 2 aliphatic rings. The minimum absolute atomic E-state index is 0.0215. The maximum atomic E-state index is 12.8. The number of carboxylic acid groups (broad SMARTS) is 1. The number of Topliss-reactive ketones (excluding diaryl/α,β-unsaturated/α-hetero) is 1. The second kappa shape index (κ2) is 8.41. The van der Waals surface area contributed by atoms with Crippen molar-refractivity contribution in [2.75, 3.05) is 0 Å². The maximum Gasteiger partial charge on any atom is 0.335 e. The normalized spacial score (nSPS) is 29.1. The van der Waals surface area contributed by atoms with Crippen LogP contribution in [0.15, 0.2) is 30.3 Å². The Morgan fingerprint density at radius 3 is 2.30 bits per heavy atom. The van der Waals surface area contributed by atoms with E-state index in [2.05, 4.69) is 0 Å². The van der Waals surface area contributed by atoms with Gasteiger partial charge in [0.15, 0.2) is 23.4 Å². The molecule has 4 rings (SSSR count). The Morgan fingerprint density at radius 2 is 1.67 bits per heavy atom. The van der Waals surface area contributed by atoms with Crippen molar-refractivity contribution in [2.24, 2.45) is 0 Å². The number of fused-ring (bicyclic) bond motifs is 1. The van der Waals surface area contributed by atoms with Crippen LogP contribution in [-0.4, -0.2) is 78.2 Å². The quantitative estimate of drug-likeness (QED) is 0.314. The fraction of sp³-hybridized carbons (Fsp3) is 0.333. The van der Waals surface area contributed by atoms with E-state index < -0.39 is 65.8 Å². The highest BCUT2D eigenvalue weighted by Crippen LogP contribution is 2.49. The monoisotopic (exact) mass is 464 g/mol. The van der Waals surface area contributed by atoms with Crippen LogP contribution in [0, 0.1) is 0 Å². The van der Waals surface area contributed by atoms with Gasteiger partial charge in [-0.25, -0.2) is 4.79 Å². The summed E-state index contributed by atoms with van der Waals surface area (Å²) in [6, 6.07) is 6.92. The molecule has 0 saturated carbocycles. The first-order valence-electron chi connectivity index (χ1n) is 9.75. The number of carbonyl (C=O) groups is 2. The van der Waals surface area contributed by atoms with Crippen LogP contribution in [0.1, 0.15) is 28.4 Å². The molecule has 0 radical (unpaired) electrons. The van der Waals surface area contributed by atoms with E-state index in [0.717, 1.165) is 6.07 Å². The van der Waals surface area contributed by atoms with Gasteiger partial charge < -0.3 is 50.0 Å². The summed E-state index contributed by atoms with van der Waals surface area (Å²) in [6.45, 7) is 0. The lowest BCUT2D eigenvalue weighted by Crippen LogP contribution is -2.61. The van der Waals surface area contributed by atoms with E-state index in [-0.39, 0.29) is 23.5 Å². The minimum atomic E-state index is -1.97. The molecule has 176 valence electrons. The molecule has 33 heavy (non-hydrogen) atoms. The lowest BCUT2D eigenvalue weighted by atomic mass is 9.95. The molecule has 0 aliphatic carbocycles. The molecule has 12 nitrogen and oxygen atoms in total. The van der Waals surface area contributed by atoms with Gasteiger partial charge in [0.2, 0.25) is 12.0 Å². The first-order chi connectivity index (χ1) is 15.6. The summed E-state index contributed by atoms with van der Waals surface area (Å²) in [4.78, 5) is 24.0. The molecule has 2 aliphatic heterocycles. The summed E-state index contributed by atoms with van der Waals surface area (Å²) in [5.41, 5.74) is 0.246. The van der Waals surface area contributed by atoms with Gasteiger partial charge in [-0.1, -0.05) is 12.1 Å². The SMILES string of the molecule is O=C1CC(c2ccc(O)cc2)Oc2cc(O)c(OC3OC(C(=O)O)C(O)C(O)C3O)c(O)c21. The summed E-state index contributed by atoms with van der Waals surface area (Å²) in [5, 5.41) is 69.3. The highest BCUT2D eigenvalue weighted by atomic mass is 16.7. The van der Waals surface area contributed by atoms with Crippen LogP contribution < -0.4 is 9.47 Å². The van der Waals surface area contributed by atoms with E-state index in [0.29, 0.717) is 5.56 Å². The Kier molecular flexibility index (Phi) is 5.76. The number of benzene rings is 2. The van der Waals surface area contributed by atoms with Crippen LogP contribution in [0.3, 0.4) is 0 Å². The van der Waals surface area contributed by atoms with E-state index in [4.69, 9.17) is 19.3 Å². The van der Waals surface area contributed by atoms with Crippen molar-refractivity contribution in [3.05, 3.63) is 41.5 Å². The van der Waals surface area contributed by atoms with Gasteiger partial charge in [-0.05, 0) is 17.7 Å². The zero-order valence-electron chi connectivity index (χ0n) is 16.7. The molecule has 1 fully saturated rings. The van der Waals surface area contributed by atoms with Crippen molar-refractivity contribution in [3.8, 4) is 28.7 Å². The van der Waals surface area contributed by atoms with Gasteiger partial charge in [0.1, 0.15) is 41.5 Å². The van der Waals surface area contributed by atoms with Crippen molar-refractivity contribution < 1.29 is 59.5 Å². The summed E-state index contributed by atoms with van der Waals surface area (Å²) >= 11 is 0. The van der Waals surface area contributed by atoms with Crippen molar-refractivity contribution in [1.29, 1.82) is 0 Å². The fourth-order valence-corrected chi connectivity index (χ4v) is 3.70. The predicted molar refractivity (Wildman–Crippen MR) is 105 cm³/mol. The van der Waals surface area contributed by atoms with Crippen molar-refractivity contribution in [2.45, 2.75) is 43.2 Å². The average molecular weight is 464 g/mol. The van der Waals surface area contributed by atoms with E-state index in [1.807, 2.05) is 0 Å². The number of aliphatic hydroxyl groups excluding tert-OH is 3. The standard InChI is InChI=1S/C21H20O12/c22-8-3-1-7(2-4-8)11-5-9(23)13-12(31-11)6-10(24)18(14(13)25)32-21-17(28)15(26)16(27)19(33-21)20(29)30/h1-4,6,11,15-17,19,21-22,24-28H,5H2,(H,29,30). The Balaban J connectivity index is 1.63. The Bertz CT molecular complexity index is 1080. The van der Waals surface area contributed by atoms with Gasteiger partial charge in [0.05, 0.1) is 6.42 Å². The van der Waals surface area contributed by atoms with Crippen LogP contribution in [-0.2, 0) is 9.53 Å². The number of aromatic hydroxyl groups is 3. The van der Waals surface area contributed by atoms with E-state index in [9.17, 15) is 40.2 Å². The molecule has 7 N–H and O–H groups in total. The molecule has 0 aromatic heterocycles. The molecule has 6 unspecified atom stereocenters. The number of carboxylic acids is 1. The maximum absolute atomic E-state index is 12.8. The molecule has 0 amide bonds. The van der Waals surface area contributed by atoms with Crippen LogP contribution in [0.5, 0.6) is 28.7 Å². The number of hydrogen-bond acceptors (Lipinski definition) is 11. The van der Waals surface area contributed by atoms with Crippen molar-refractivity contribution >= 4 is 11.8 Å². The molecule has 2 aromatic rings. The van der Waals surface area contributed by atoms with Gasteiger partial charge in [0.25, 0.3) is 0 Å². The Hall–Kier alpha value is -3.58. The summed E-state index contributed by atoms with van der Waals surface area (Å²) < 4.78 is 15.9. The van der Waals surface area contributed by atoms with Crippen LogP contribution in [0.25, 0.3) is 0 Å². The van der Waals surface area contributed by atoms with Gasteiger partial charge in [0, 0.05) is 6.07 Å². The second-order valence-electron chi connectivity index (χ2n) is 7.62. The molecule has 1 saturated heterocycles. The number of phenols is 3. The zero-order valence-corrected chi connectivity index (χ0v) is 16.7. The first kappa shape index (κ1) is 22.6. The predicted octanol–water partition coefficient (Wildman–Crippen LogP) is -0.219. The number of ether oxygens (including phenoxy) is 3. The molecule has 12 heteroatoms. The lowest BCUT2D eigenvalue weighted by Gasteiger charge is -2.38. The van der Waals surface area contributed by atoms with E-state index in [1.165, 1.54) is 12.1 Å². The minimum Gasteiger partial charge on any atom is -0.508 e. The number of aliphatic carboxylic acids is 1. The van der Waals surface area contributed by atoms with Crippen molar-refractivity contribution in [1.82, 2.24) is 0 Å². The largest absolute Gasteiger partial charge is 0.508 e. The van der Waals surface area contributed by atoms with Gasteiger partial charge in [-0.15, -0.1) is 0 Å². The third kappa shape index (κ3) is 4.00. The number of ketones is 1. The van der Waals surface area contributed by atoms with Gasteiger partial charge >= 0.3 is 5.97 Å². The molecule has 2 heterocycles. The number of carbonyl (C=O) groups excluding carboxylic acids is 1. The van der Waals surface area contributed by atoms with E-state index in [1.54, 1.807) is 12.1 Å². The molecule has 2 aromatic carbocycles.